The van der Waals surface area contributed by atoms with Crippen LogP contribution in [0, 0.1) is 6.92 Å². The zero-order chi connectivity index (χ0) is 30.6. The van der Waals surface area contributed by atoms with Crippen molar-refractivity contribution in [1.29, 1.82) is 0 Å². The summed E-state index contributed by atoms with van der Waals surface area (Å²) in [6.07, 6.45) is 0. The molecule has 0 saturated heterocycles. The number of aryl methyl sites for hydroxylation is 1. The van der Waals surface area contributed by atoms with E-state index < -0.39 is 7.92 Å². The van der Waals surface area contributed by atoms with Gasteiger partial charge in [0, 0.05) is 10.9 Å². The molecule has 0 saturated carbocycles. The minimum atomic E-state index is -0.727. The Morgan fingerprint density at radius 1 is 0.628 bits per heavy atom. The Hall–Kier alpha value is -3.24. The van der Waals surface area contributed by atoms with Crippen LogP contribution in [0.1, 0.15) is 63.8 Å². The lowest BCUT2D eigenvalue weighted by Gasteiger charge is -2.30. The summed E-state index contributed by atoms with van der Waals surface area (Å²) in [4.78, 5) is 0. The van der Waals surface area contributed by atoms with Gasteiger partial charge in [0.05, 0.1) is 0 Å². The van der Waals surface area contributed by atoms with Gasteiger partial charge in [0.1, 0.15) is 12.4 Å². The predicted molar refractivity (Wildman–Crippen MR) is 192 cm³/mol. The molecule has 0 aliphatic carbocycles. The highest BCUT2D eigenvalue weighted by Crippen LogP contribution is 2.39. The number of hydrogen-bond donors (Lipinski definition) is 0. The average molecular weight is 603 g/mol. The molecule has 0 aliphatic heterocycles. The Morgan fingerprint density at radius 3 is 1.72 bits per heavy atom. The van der Waals surface area contributed by atoms with E-state index in [-0.39, 0.29) is 10.8 Å². The molecule has 0 N–H and O–H groups in total. The van der Waals surface area contributed by atoms with Gasteiger partial charge in [-0.25, -0.2) is 0 Å². The fourth-order valence-corrected chi connectivity index (χ4v) is 9.56. The summed E-state index contributed by atoms with van der Waals surface area (Å²) in [5.41, 5.74) is 5.11. The first-order valence-electron chi connectivity index (χ1n) is 15.1. The number of rotatable bonds is 8. The second-order valence-corrected chi connectivity index (χ2v) is 16.7. The number of benzene rings is 5. The second-order valence-electron chi connectivity index (χ2n) is 13.3. The molecule has 0 spiro atoms. The van der Waals surface area contributed by atoms with E-state index in [1.165, 1.54) is 48.8 Å². The Balaban J connectivity index is 1.70. The molecular formula is C40H44OP2. The molecule has 1 nitrogen and oxygen atoms in total. The largest absolute Gasteiger partial charge is 0.488 e. The van der Waals surface area contributed by atoms with E-state index in [1.54, 1.807) is 0 Å². The van der Waals surface area contributed by atoms with Gasteiger partial charge < -0.3 is 4.74 Å². The van der Waals surface area contributed by atoms with E-state index in [9.17, 15) is 0 Å². The SMILES string of the molecule is Cc1cccc(P(c2ccccc2)c2ccccc2)c1Pc1cc(C(C)(C)C)cc(C(C)(C)C)c1OCc1ccccc1. The van der Waals surface area contributed by atoms with Crippen molar-refractivity contribution >= 4 is 43.0 Å². The van der Waals surface area contributed by atoms with Gasteiger partial charge in [-0.15, -0.1) is 0 Å². The molecule has 5 aromatic rings. The molecule has 1 unspecified atom stereocenters. The van der Waals surface area contributed by atoms with Crippen LogP contribution in [0.15, 0.2) is 121 Å². The lowest BCUT2D eigenvalue weighted by atomic mass is 9.80. The van der Waals surface area contributed by atoms with Crippen molar-refractivity contribution in [3.8, 4) is 5.75 Å². The Labute approximate surface area is 262 Å². The van der Waals surface area contributed by atoms with Crippen molar-refractivity contribution in [3.05, 3.63) is 144 Å². The summed E-state index contributed by atoms with van der Waals surface area (Å²) in [5.74, 6) is 1.04. The maximum atomic E-state index is 6.84. The molecule has 220 valence electrons. The van der Waals surface area contributed by atoms with Crippen molar-refractivity contribution in [2.45, 2.75) is 65.9 Å². The molecule has 1 atom stereocenters. The van der Waals surface area contributed by atoms with Gasteiger partial charge in [0.15, 0.2) is 0 Å². The highest BCUT2D eigenvalue weighted by molar-refractivity contribution is 7.81. The van der Waals surface area contributed by atoms with Gasteiger partial charge in [0.2, 0.25) is 0 Å². The van der Waals surface area contributed by atoms with Crippen LogP contribution in [0.25, 0.3) is 0 Å². The lowest BCUT2D eigenvalue weighted by Crippen LogP contribution is -2.32. The van der Waals surface area contributed by atoms with Crippen LogP contribution in [0.5, 0.6) is 5.75 Å². The van der Waals surface area contributed by atoms with Gasteiger partial charge in [-0.1, -0.05) is 165 Å². The normalized spacial score (nSPS) is 12.3. The van der Waals surface area contributed by atoms with Crippen molar-refractivity contribution in [3.63, 3.8) is 0 Å². The Kier molecular flexibility index (Phi) is 9.56. The van der Waals surface area contributed by atoms with E-state index >= 15 is 0 Å². The molecule has 0 fully saturated rings. The summed E-state index contributed by atoms with van der Waals surface area (Å²) < 4.78 is 6.84. The first-order valence-corrected chi connectivity index (χ1v) is 17.5. The van der Waals surface area contributed by atoms with Crippen molar-refractivity contribution < 1.29 is 4.74 Å². The van der Waals surface area contributed by atoms with Gasteiger partial charge in [0.25, 0.3) is 0 Å². The quantitative estimate of drug-likeness (QED) is 0.162. The summed E-state index contributed by atoms with van der Waals surface area (Å²) in [7, 11) is -0.262. The lowest BCUT2D eigenvalue weighted by molar-refractivity contribution is 0.300. The third-order valence-electron chi connectivity index (χ3n) is 7.77. The second kappa shape index (κ2) is 13.2. The van der Waals surface area contributed by atoms with E-state index in [1.807, 2.05) is 0 Å². The summed E-state index contributed by atoms with van der Waals surface area (Å²) in [6.45, 7) is 16.7. The van der Waals surface area contributed by atoms with Crippen LogP contribution >= 0.6 is 16.5 Å². The molecular weight excluding hydrogens is 558 g/mol. The fourth-order valence-electron chi connectivity index (χ4n) is 5.31. The van der Waals surface area contributed by atoms with E-state index in [0.717, 1.165) is 5.75 Å². The van der Waals surface area contributed by atoms with E-state index in [2.05, 4.69) is 170 Å². The summed E-state index contributed by atoms with van der Waals surface area (Å²) >= 11 is 0. The minimum Gasteiger partial charge on any atom is -0.488 e. The van der Waals surface area contributed by atoms with Gasteiger partial charge in [-0.05, 0) is 69.7 Å². The maximum absolute atomic E-state index is 6.84. The molecule has 5 aromatic carbocycles. The number of hydrogen-bond acceptors (Lipinski definition) is 1. The third-order valence-corrected chi connectivity index (χ3v) is 12.0. The summed E-state index contributed by atoms with van der Waals surface area (Å²) in [5, 5.41) is 6.90. The van der Waals surface area contributed by atoms with Gasteiger partial charge in [-0.3, -0.25) is 0 Å². The monoisotopic (exact) mass is 602 g/mol. The molecule has 0 bridgehead atoms. The zero-order valence-electron chi connectivity index (χ0n) is 26.6. The van der Waals surface area contributed by atoms with Crippen LogP contribution in [0.4, 0.5) is 0 Å². The average Bonchev–Trinajstić information content (AvgIpc) is 2.98. The molecule has 5 rings (SSSR count). The first-order chi connectivity index (χ1) is 20.5. The Morgan fingerprint density at radius 2 is 1.19 bits per heavy atom. The maximum Gasteiger partial charge on any atom is 0.131 e. The molecule has 0 aliphatic rings. The van der Waals surface area contributed by atoms with Crippen LogP contribution in [-0.4, -0.2) is 0 Å². The van der Waals surface area contributed by atoms with Gasteiger partial charge >= 0.3 is 0 Å². The molecule has 0 amide bonds. The molecule has 0 radical (unpaired) electrons. The van der Waals surface area contributed by atoms with Crippen LogP contribution in [-0.2, 0) is 17.4 Å². The van der Waals surface area contributed by atoms with Crippen LogP contribution in [0.3, 0.4) is 0 Å². The predicted octanol–water partition coefficient (Wildman–Crippen LogP) is 8.56. The first kappa shape index (κ1) is 31.2. The van der Waals surface area contributed by atoms with E-state index in [4.69, 9.17) is 4.74 Å². The summed E-state index contributed by atoms with van der Waals surface area (Å²) in [6, 6.07) is 44.3. The standard InChI is InChI=1S/C40H44OP2/c1-29-18-17-25-36(43(32-21-13-9-14-22-32)33-23-15-10-16-24-33)38(29)42-35-27-31(39(2,3)4)26-34(40(5,6)7)37(35)41-28-30-19-11-8-12-20-30/h8-27,42H,28H2,1-7H3. The fraction of sp³-hybridized carbons (Fsp3) is 0.250. The molecule has 0 aromatic heterocycles. The van der Waals surface area contributed by atoms with Crippen LogP contribution < -0.4 is 31.3 Å². The van der Waals surface area contributed by atoms with Gasteiger partial charge in [-0.2, -0.15) is 0 Å². The van der Waals surface area contributed by atoms with Crippen molar-refractivity contribution in [2.75, 3.05) is 0 Å². The van der Waals surface area contributed by atoms with Crippen LogP contribution in [0.2, 0.25) is 0 Å². The Bertz CT molecular complexity index is 1610. The highest BCUT2D eigenvalue weighted by atomic mass is 31.1. The zero-order valence-corrected chi connectivity index (χ0v) is 28.5. The van der Waals surface area contributed by atoms with Crippen molar-refractivity contribution in [1.82, 2.24) is 0 Å². The molecule has 3 heteroatoms. The third kappa shape index (κ3) is 7.47. The van der Waals surface area contributed by atoms with Crippen molar-refractivity contribution in [2.24, 2.45) is 0 Å². The number of ether oxygens (including phenoxy) is 1. The minimum absolute atomic E-state index is 0.0203. The highest BCUT2D eigenvalue weighted by Gasteiger charge is 2.28. The molecule has 0 heterocycles. The topological polar surface area (TPSA) is 9.23 Å². The molecule has 43 heavy (non-hydrogen) atoms. The van der Waals surface area contributed by atoms with E-state index in [0.29, 0.717) is 15.2 Å². The smallest absolute Gasteiger partial charge is 0.131 e.